The van der Waals surface area contributed by atoms with E-state index in [1.165, 1.54) is 11.1 Å². The number of aryl methyl sites for hydroxylation is 1. The smallest absolute Gasteiger partial charge is 0.170 e. The lowest BCUT2D eigenvalue weighted by Crippen LogP contribution is -2.32. The maximum Gasteiger partial charge on any atom is 0.170 e. The number of carbonyl (C=O) groups is 1. The highest BCUT2D eigenvalue weighted by molar-refractivity contribution is 5.91. The summed E-state index contributed by atoms with van der Waals surface area (Å²) < 4.78 is 5.91. The predicted molar refractivity (Wildman–Crippen MR) is 72.6 cm³/mol. The summed E-state index contributed by atoms with van der Waals surface area (Å²) in [6.07, 6.45) is 0.759. The van der Waals surface area contributed by atoms with Crippen molar-refractivity contribution < 1.29 is 9.53 Å². The zero-order chi connectivity index (χ0) is 13.6. The van der Waals surface area contributed by atoms with Crippen LogP contribution < -0.4 is 0 Å². The molecular formula is C16H22O2. The Labute approximate surface area is 109 Å². The molecule has 1 aromatic carbocycles. The van der Waals surface area contributed by atoms with Gasteiger partial charge in [0, 0.05) is 0 Å². The lowest BCUT2D eigenvalue weighted by Gasteiger charge is -2.25. The number of ether oxygens (including phenoxy) is 1. The minimum Gasteiger partial charge on any atom is -0.361 e. The number of benzene rings is 1. The van der Waals surface area contributed by atoms with Gasteiger partial charge >= 0.3 is 0 Å². The molecular weight excluding hydrogens is 224 g/mol. The van der Waals surface area contributed by atoms with Crippen LogP contribution in [-0.2, 0) is 16.0 Å². The van der Waals surface area contributed by atoms with Gasteiger partial charge < -0.3 is 4.74 Å². The molecule has 2 heteroatoms. The van der Waals surface area contributed by atoms with E-state index in [-0.39, 0.29) is 17.3 Å². The molecule has 1 saturated heterocycles. The van der Waals surface area contributed by atoms with Crippen LogP contribution >= 0.6 is 0 Å². The highest BCUT2D eigenvalue weighted by Gasteiger charge is 2.52. The molecule has 0 aliphatic carbocycles. The van der Waals surface area contributed by atoms with Crippen molar-refractivity contribution in [3.8, 4) is 0 Å². The van der Waals surface area contributed by atoms with Crippen LogP contribution in [0.2, 0.25) is 0 Å². The Balaban J connectivity index is 2.23. The monoisotopic (exact) mass is 246 g/mol. The summed E-state index contributed by atoms with van der Waals surface area (Å²) in [5, 5.41) is 0. The quantitative estimate of drug-likeness (QED) is 0.800. The molecule has 0 spiro atoms. The van der Waals surface area contributed by atoms with Crippen molar-refractivity contribution in [2.75, 3.05) is 0 Å². The number of carbonyl (C=O) groups excluding carboxylic acids is 1. The third-order valence-corrected chi connectivity index (χ3v) is 3.83. The van der Waals surface area contributed by atoms with Crippen LogP contribution in [0.5, 0.6) is 0 Å². The molecule has 1 atom stereocenters. The van der Waals surface area contributed by atoms with Gasteiger partial charge in [-0.2, -0.15) is 0 Å². The lowest BCUT2D eigenvalue weighted by molar-refractivity contribution is -0.132. The van der Waals surface area contributed by atoms with Gasteiger partial charge in [-0.15, -0.1) is 0 Å². The number of rotatable bonds is 2. The second-order valence-electron chi connectivity index (χ2n) is 6.32. The number of hydrogen-bond acceptors (Lipinski definition) is 2. The summed E-state index contributed by atoms with van der Waals surface area (Å²) in [7, 11) is 0. The SMILES string of the molecule is Cc1ccc(CC2C(=O)C(C)(C)OC2(C)C)cc1. The van der Waals surface area contributed by atoms with Crippen LogP contribution in [0.25, 0.3) is 0 Å². The van der Waals surface area contributed by atoms with Crippen LogP contribution in [-0.4, -0.2) is 17.0 Å². The topological polar surface area (TPSA) is 26.3 Å². The van der Waals surface area contributed by atoms with Crippen LogP contribution in [0.3, 0.4) is 0 Å². The number of hydrogen-bond donors (Lipinski definition) is 0. The van der Waals surface area contributed by atoms with E-state index < -0.39 is 5.60 Å². The zero-order valence-corrected chi connectivity index (χ0v) is 11.9. The van der Waals surface area contributed by atoms with Crippen molar-refractivity contribution >= 4 is 5.78 Å². The first kappa shape index (κ1) is 13.3. The summed E-state index contributed by atoms with van der Waals surface area (Å²) in [6, 6.07) is 8.38. The largest absolute Gasteiger partial charge is 0.361 e. The third kappa shape index (κ3) is 2.35. The molecule has 18 heavy (non-hydrogen) atoms. The van der Waals surface area contributed by atoms with Crippen molar-refractivity contribution in [2.24, 2.45) is 5.92 Å². The average molecular weight is 246 g/mol. The van der Waals surface area contributed by atoms with Gasteiger partial charge in [-0.25, -0.2) is 0 Å². The van der Waals surface area contributed by atoms with Crippen molar-refractivity contribution in [1.82, 2.24) is 0 Å². The molecule has 1 aliphatic rings. The first-order valence-electron chi connectivity index (χ1n) is 6.52. The molecule has 0 bridgehead atoms. The van der Waals surface area contributed by atoms with E-state index in [9.17, 15) is 4.79 Å². The molecule has 1 aromatic rings. The fraction of sp³-hybridized carbons (Fsp3) is 0.562. The van der Waals surface area contributed by atoms with Crippen molar-refractivity contribution in [3.63, 3.8) is 0 Å². The predicted octanol–water partition coefficient (Wildman–Crippen LogP) is 3.31. The van der Waals surface area contributed by atoms with E-state index in [0.29, 0.717) is 0 Å². The maximum absolute atomic E-state index is 12.4. The van der Waals surface area contributed by atoms with E-state index in [1.54, 1.807) is 0 Å². The second kappa shape index (κ2) is 4.20. The average Bonchev–Trinajstić information content (AvgIpc) is 2.39. The number of ketones is 1. The fourth-order valence-electron chi connectivity index (χ4n) is 2.81. The van der Waals surface area contributed by atoms with Gasteiger partial charge in [0.2, 0.25) is 0 Å². The van der Waals surface area contributed by atoms with Crippen molar-refractivity contribution in [2.45, 2.75) is 52.2 Å². The van der Waals surface area contributed by atoms with Crippen LogP contribution in [0.4, 0.5) is 0 Å². The lowest BCUT2D eigenvalue weighted by atomic mass is 9.81. The summed E-state index contributed by atoms with van der Waals surface area (Å²) in [4.78, 5) is 12.4. The Hall–Kier alpha value is -1.15. The van der Waals surface area contributed by atoms with Crippen LogP contribution in [0.1, 0.15) is 38.8 Å². The first-order valence-corrected chi connectivity index (χ1v) is 6.52. The summed E-state index contributed by atoms with van der Waals surface area (Å²) in [5.41, 5.74) is 1.41. The second-order valence-corrected chi connectivity index (χ2v) is 6.32. The van der Waals surface area contributed by atoms with Crippen molar-refractivity contribution in [1.29, 1.82) is 0 Å². The van der Waals surface area contributed by atoms with Gasteiger partial charge in [0.05, 0.1) is 11.5 Å². The minimum atomic E-state index is -0.654. The molecule has 1 fully saturated rings. The Morgan fingerprint density at radius 1 is 1.11 bits per heavy atom. The van der Waals surface area contributed by atoms with Gasteiger partial charge in [0.25, 0.3) is 0 Å². The standard InChI is InChI=1S/C16H22O2/c1-11-6-8-12(9-7-11)10-13-14(17)16(4,5)18-15(13,2)3/h6-9,13H,10H2,1-5H3. The van der Waals surface area contributed by atoms with E-state index in [1.807, 2.05) is 27.7 Å². The normalized spacial score (nSPS) is 25.4. The van der Waals surface area contributed by atoms with Gasteiger partial charge in [0.1, 0.15) is 5.60 Å². The minimum absolute atomic E-state index is 0.0600. The van der Waals surface area contributed by atoms with Crippen molar-refractivity contribution in [3.05, 3.63) is 35.4 Å². The van der Waals surface area contributed by atoms with Gasteiger partial charge in [-0.05, 0) is 46.6 Å². The molecule has 0 amide bonds. The molecule has 1 aliphatic heterocycles. The molecule has 0 aromatic heterocycles. The summed E-state index contributed by atoms with van der Waals surface area (Å²) in [6.45, 7) is 9.83. The molecule has 0 saturated carbocycles. The summed E-state index contributed by atoms with van der Waals surface area (Å²) >= 11 is 0. The van der Waals surface area contributed by atoms with Crippen LogP contribution in [0.15, 0.2) is 24.3 Å². The maximum atomic E-state index is 12.4. The molecule has 0 N–H and O–H groups in total. The molecule has 2 nitrogen and oxygen atoms in total. The Morgan fingerprint density at radius 2 is 1.67 bits per heavy atom. The Bertz CT molecular complexity index is 454. The van der Waals surface area contributed by atoms with E-state index in [2.05, 4.69) is 31.2 Å². The molecule has 2 rings (SSSR count). The molecule has 1 unspecified atom stereocenters. The first-order chi connectivity index (χ1) is 8.22. The molecule has 0 radical (unpaired) electrons. The Morgan fingerprint density at radius 3 is 2.11 bits per heavy atom. The Kier molecular flexibility index (Phi) is 3.10. The summed E-state index contributed by atoms with van der Waals surface area (Å²) in [5.74, 6) is 0.156. The fourth-order valence-corrected chi connectivity index (χ4v) is 2.81. The van der Waals surface area contributed by atoms with E-state index in [4.69, 9.17) is 4.74 Å². The third-order valence-electron chi connectivity index (χ3n) is 3.83. The molecule has 1 heterocycles. The van der Waals surface area contributed by atoms with Gasteiger partial charge in [-0.1, -0.05) is 29.8 Å². The molecule has 98 valence electrons. The highest BCUT2D eigenvalue weighted by Crippen LogP contribution is 2.40. The zero-order valence-electron chi connectivity index (χ0n) is 11.9. The van der Waals surface area contributed by atoms with Crippen LogP contribution in [0, 0.1) is 12.8 Å². The van der Waals surface area contributed by atoms with E-state index >= 15 is 0 Å². The number of Topliss-reactive ketones (excluding diaryl/α,β-unsaturated/α-hetero) is 1. The highest BCUT2D eigenvalue weighted by atomic mass is 16.5. The van der Waals surface area contributed by atoms with Gasteiger partial charge in [-0.3, -0.25) is 4.79 Å². The van der Waals surface area contributed by atoms with Gasteiger partial charge in [0.15, 0.2) is 5.78 Å². The van der Waals surface area contributed by atoms with E-state index in [0.717, 1.165) is 6.42 Å².